The molecule has 0 bridgehead atoms. The lowest BCUT2D eigenvalue weighted by Gasteiger charge is -2.42. The highest BCUT2D eigenvalue weighted by Gasteiger charge is 2.45. The molecule has 1 aromatic rings. The summed E-state index contributed by atoms with van der Waals surface area (Å²) in [4.78, 5) is 110. The number of ether oxygens (including phenoxy) is 6. The molecule has 96 heavy (non-hydrogen) atoms. The number of Topliss-reactive ketones (excluding diaryl/α,β-unsaturated/α-hetero) is 7. The molecule has 1 aromatic heterocycles. The number of hydrogen-bond donors (Lipinski definition) is 2. The summed E-state index contributed by atoms with van der Waals surface area (Å²) < 4.78 is 41.6. The summed E-state index contributed by atoms with van der Waals surface area (Å²) in [7, 11) is 1.33. The van der Waals surface area contributed by atoms with Crippen LogP contribution in [0, 0.1) is 39.4 Å². The monoisotopic (exact) mass is 1330 g/mol. The van der Waals surface area contributed by atoms with Crippen molar-refractivity contribution in [3.8, 4) is 0 Å². The van der Waals surface area contributed by atoms with E-state index >= 15 is 0 Å². The molecule has 18 heteroatoms. The lowest BCUT2D eigenvalue weighted by molar-refractivity contribution is -0.135. The minimum Gasteiger partial charge on any atom is -0.487 e. The van der Waals surface area contributed by atoms with Crippen molar-refractivity contribution >= 4 is 58.3 Å². The van der Waals surface area contributed by atoms with Gasteiger partial charge in [-0.3, -0.25) is 43.3 Å². The minimum atomic E-state index is -0.397. The second-order valence-corrected chi connectivity index (χ2v) is 30.6. The number of fused-ring (bicyclic) bond motifs is 2. The first-order valence-electron chi connectivity index (χ1n) is 34.9. The highest BCUT2D eigenvalue weighted by Crippen LogP contribution is 2.48. The number of carbonyl (C=O) groups excluding carboxylic acids is 9. The van der Waals surface area contributed by atoms with Crippen LogP contribution < -0.4 is 11.1 Å². The van der Waals surface area contributed by atoms with Gasteiger partial charge in [0.15, 0.2) is 28.9 Å². The summed E-state index contributed by atoms with van der Waals surface area (Å²) in [5, 5.41) is 3.50. The Hall–Kier alpha value is -6.86. The summed E-state index contributed by atoms with van der Waals surface area (Å²) in [6.07, 6.45) is 18.8. The van der Waals surface area contributed by atoms with Crippen LogP contribution in [-0.2, 0) is 68.4 Å². The summed E-state index contributed by atoms with van der Waals surface area (Å²) in [5.74, 6) is 1.57. The van der Waals surface area contributed by atoms with E-state index in [2.05, 4.69) is 91.4 Å². The van der Waals surface area contributed by atoms with Gasteiger partial charge in [-0.15, -0.1) is 0 Å². The van der Waals surface area contributed by atoms with Crippen molar-refractivity contribution < 1.29 is 74.5 Å². The third kappa shape index (κ3) is 21.8. The van der Waals surface area contributed by atoms with Crippen LogP contribution in [0.3, 0.4) is 0 Å². The Balaban J connectivity index is 0.000000260. The predicted octanol–water partition coefficient (Wildman–Crippen LogP) is 13.8. The molecule has 0 spiro atoms. The number of carbonyl (C=O) groups is 9. The van der Waals surface area contributed by atoms with E-state index in [4.69, 9.17) is 37.4 Å². The molecule has 1 saturated carbocycles. The first kappa shape index (κ1) is 78.1. The number of nitrogens with zero attached hydrogens (tertiary/aromatic N) is 1. The smallest absolute Gasteiger partial charge is 0.332 e. The third-order valence-corrected chi connectivity index (χ3v) is 18.2. The van der Waals surface area contributed by atoms with Gasteiger partial charge in [0.05, 0.1) is 83.3 Å². The molecule has 0 amide bonds. The zero-order valence-electron chi connectivity index (χ0n) is 61.8. The molecule has 2 fully saturated rings. The molecular weight excluding hydrogens is 1220 g/mol. The minimum absolute atomic E-state index is 0. The molecule has 3 N–H and O–H groups in total. The fraction of sp³-hybridized carbons (Fsp3) is 0.615. The van der Waals surface area contributed by atoms with Gasteiger partial charge in [-0.2, -0.15) is 0 Å². The number of nitrogens with two attached hydrogens (primary N) is 1. The van der Waals surface area contributed by atoms with Crippen LogP contribution >= 0.6 is 0 Å². The number of nitrogens with one attached hydrogen (secondary N) is 1. The van der Waals surface area contributed by atoms with Gasteiger partial charge in [0, 0.05) is 98.4 Å². The van der Waals surface area contributed by atoms with Crippen LogP contribution in [0.5, 0.6) is 0 Å². The summed E-state index contributed by atoms with van der Waals surface area (Å²) in [6.45, 7) is 37.0. The number of methoxy groups -OCH3 is 1. The van der Waals surface area contributed by atoms with Crippen LogP contribution in [0.4, 0.5) is 0 Å². The van der Waals surface area contributed by atoms with E-state index in [0.29, 0.717) is 95.2 Å². The molecular formula is C78H113N3O15. The summed E-state index contributed by atoms with van der Waals surface area (Å²) in [6, 6.07) is 0. The first-order valence-corrected chi connectivity index (χ1v) is 33.9. The van der Waals surface area contributed by atoms with E-state index in [1.807, 2.05) is 39.8 Å². The van der Waals surface area contributed by atoms with Gasteiger partial charge in [0.2, 0.25) is 0 Å². The topological polar surface area (TPSA) is 260 Å². The van der Waals surface area contributed by atoms with Gasteiger partial charge in [0.1, 0.15) is 29.7 Å². The van der Waals surface area contributed by atoms with E-state index in [1.165, 1.54) is 18.8 Å². The molecule has 10 aliphatic rings. The zero-order valence-corrected chi connectivity index (χ0v) is 59.8. The normalized spacial score (nSPS) is 23.1. The van der Waals surface area contributed by atoms with Crippen LogP contribution in [0.15, 0.2) is 86.7 Å². The largest absolute Gasteiger partial charge is 0.487 e. The van der Waals surface area contributed by atoms with Crippen molar-refractivity contribution in [3.05, 3.63) is 115 Å². The van der Waals surface area contributed by atoms with Crippen LogP contribution in [0.2, 0.25) is 0 Å². The molecule has 18 nitrogen and oxygen atoms in total. The number of rotatable bonds is 9. The number of pyridine rings is 1. The zero-order chi connectivity index (χ0) is 72.5. The molecule has 530 valence electrons. The molecule has 2 unspecified atom stereocenters. The fourth-order valence-corrected chi connectivity index (χ4v) is 13.6. The van der Waals surface area contributed by atoms with Gasteiger partial charge in [-0.1, -0.05) is 128 Å². The van der Waals surface area contributed by atoms with Crippen LogP contribution in [0.25, 0.3) is 5.57 Å². The lowest BCUT2D eigenvalue weighted by atomic mass is 9.67. The lowest BCUT2D eigenvalue weighted by Crippen LogP contribution is -2.41. The van der Waals surface area contributed by atoms with Gasteiger partial charge in [-0.05, 0) is 115 Å². The highest BCUT2D eigenvalue weighted by molar-refractivity contribution is 6.10. The molecule has 0 aromatic carbocycles. The molecule has 1 saturated heterocycles. The van der Waals surface area contributed by atoms with Crippen molar-refractivity contribution in [2.75, 3.05) is 60.0 Å². The Morgan fingerprint density at radius 3 is 1.73 bits per heavy atom. The number of ketones is 7. The number of esters is 1. The number of hydrogen-bond acceptors (Lipinski definition) is 18. The fourth-order valence-electron chi connectivity index (χ4n) is 13.6. The van der Waals surface area contributed by atoms with Crippen molar-refractivity contribution in [3.63, 3.8) is 0 Å². The van der Waals surface area contributed by atoms with Gasteiger partial charge in [-0.25, -0.2) is 4.79 Å². The van der Waals surface area contributed by atoms with E-state index in [1.54, 1.807) is 13.8 Å². The third-order valence-electron chi connectivity index (χ3n) is 18.2. The molecule has 6 aliphatic heterocycles. The number of aromatic nitrogens is 1. The standard InChI is InChI=1S/C21H29NO3.C21H27NO3.C14H18O3.C8H12O2.C7H13NO2.C6H8O2.CH4.H2/c2*1-12(2)20-17(13(3)23)18(14-6-8-25-9-7-14)19-15(22-20)10-21(4,5)11-16(19)24;1-14(2)6-11(15)10-5-9-3-4-16-8-13(9)17-12(10)7-14;1-8(2)4-6(9)3-7(10)5-8;1-5(2)6(8)4-7(9)10-3;7-5-6-1-3-8-4-2-6;;/h6,12,18,22H,7-11H2,1-5H3;6,12H,7-11H2,1-5H3;5,13H,3-4,6-8H2,1-2H3;3-5H2,1-2H3;4-5H,8H2,1-3H3;1,5H,2-4H2;1H4;1H/b;;;;6-4-;;;/i;;;;;;;1+1D. The van der Waals surface area contributed by atoms with E-state index in [-0.39, 0.29) is 106 Å². The number of allylic oxidation sites excluding steroid dienone is 8. The van der Waals surface area contributed by atoms with Crippen LogP contribution in [-0.4, -0.2) is 124 Å². The Bertz CT molecular complexity index is 3400. The first-order chi connectivity index (χ1) is 45.5. The van der Waals surface area contributed by atoms with Gasteiger partial charge in [0.25, 0.3) is 0 Å². The SMILES string of the molecule is C.CC(=O)C1=C(C(C)C)NC2=C(C(=O)CC(C)(C)C2)C1C1=CCOCC1.CC(=O)c1c(C(C)C)nc2c(c1C1=CCOCC1)C(=O)CC(C)(C)C2.CC1(C)CC(=O)C2=C(C1)OC1COCCC1=C2.CC1(C)CC(=O)CC(=O)C1.COC(=O)/C=C(\N)C(C)C.O=CC1=CCOCC1.[2H][2H]. The summed E-state index contributed by atoms with van der Waals surface area (Å²) >= 11 is 0. The predicted molar refractivity (Wildman–Crippen MR) is 375 cm³/mol. The van der Waals surface area contributed by atoms with Gasteiger partial charge < -0.3 is 39.5 Å². The Morgan fingerprint density at radius 1 is 0.667 bits per heavy atom. The number of aldehydes is 1. The maximum absolute atomic E-state index is 13.1. The van der Waals surface area contributed by atoms with E-state index in [0.717, 1.165) is 125 Å². The quantitative estimate of drug-likeness (QED) is 0.0581. The molecule has 2 atom stereocenters. The van der Waals surface area contributed by atoms with E-state index in [9.17, 15) is 43.2 Å². The van der Waals surface area contributed by atoms with E-state index < -0.39 is 5.97 Å². The molecule has 7 heterocycles. The van der Waals surface area contributed by atoms with Crippen molar-refractivity contribution in [2.24, 2.45) is 45.1 Å². The Labute approximate surface area is 574 Å². The van der Waals surface area contributed by atoms with Crippen molar-refractivity contribution in [1.29, 1.82) is 0 Å². The molecule has 0 radical (unpaired) electrons. The highest BCUT2D eigenvalue weighted by atomic mass is 16.5. The van der Waals surface area contributed by atoms with Crippen molar-refractivity contribution in [2.45, 2.75) is 214 Å². The summed E-state index contributed by atoms with van der Waals surface area (Å²) in [5.41, 5.74) is 18.4. The van der Waals surface area contributed by atoms with Crippen molar-refractivity contribution in [1.82, 2.24) is 10.3 Å². The second-order valence-electron chi connectivity index (χ2n) is 30.6. The number of dihydropyridines is 1. The second kappa shape index (κ2) is 34.6. The molecule has 11 rings (SSSR count). The van der Waals surface area contributed by atoms with Crippen LogP contribution in [0.1, 0.15) is 242 Å². The average molecular weight is 1330 g/mol. The molecule has 4 aliphatic carbocycles. The Morgan fingerprint density at radius 2 is 1.22 bits per heavy atom. The van der Waals surface area contributed by atoms with Gasteiger partial charge >= 0.3 is 5.97 Å². The Kier molecular flexibility index (Phi) is 28.1. The maximum atomic E-state index is 13.1. The average Bonchev–Trinajstić information content (AvgIpc) is 0.762. The maximum Gasteiger partial charge on any atom is 0.332 e.